The molecule has 1 fully saturated rings. The van der Waals surface area contributed by atoms with E-state index in [0.29, 0.717) is 18.9 Å². The summed E-state index contributed by atoms with van der Waals surface area (Å²) in [5.41, 5.74) is 9.24. The second-order valence-corrected chi connectivity index (χ2v) is 8.16. The van der Waals surface area contributed by atoms with Crippen molar-refractivity contribution in [1.82, 2.24) is 15.0 Å². The summed E-state index contributed by atoms with van der Waals surface area (Å²) in [5, 5.41) is 8.84. The lowest BCUT2D eigenvalue weighted by Gasteiger charge is -2.13. The third kappa shape index (κ3) is 7.13. The molecule has 2 aliphatic carbocycles. The predicted molar refractivity (Wildman–Crippen MR) is 144 cm³/mol. The lowest BCUT2D eigenvalue weighted by Crippen LogP contribution is -2.01. The molecule has 0 spiro atoms. The summed E-state index contributed by atoms with van der Waals surface area (Å²) >= 11 is 0. The molecule has 5 nitrogen and oxygen atoms in total. The maximum absolute atomic E-state index is 7.74. The van der Waals surface area contributed by atoms with E-state index in [2.05, 4.69) is 61.3 Å². The fraction of sp³-hybridized carbons (Fsp3) is 0.393. The van der Waals surface area contributed by atoms with Gasteiger partial charge in [0.2, 0.25) is 0 Å². The molecule has 5 rings (SSSR count). The summed E-state index contributed by atoms with van der Waals surface area (Å²) < 4.78 is 0. The number of allylic oxidation sites excluding steroid dienone is 4. The number of aromatic nitrogens is 3. The van der Waals surface area contributed by atoms with Crippen molar-refractivity contribution >= 4 is 21.9 Å². The Labute approximate surface area is 201 Å². The highest BCUT2D eigenvalue weighted by Crippen LogP contribution is 2.30. The number of nitrogens with one attached hydrogen (secondary N) is 1. The number of imidazole rings is 1. The topological polar surface area (TPSA) is 91.4 Å². The van der Waals surface area contributed by atoms with E-state index in [9.17, 15) is 0 Å². The van der Waals surface area contributed by atoms with Gasteiger partial charge < -0.3 is 10.7 Å². The van der Waals surface area contributed by atoms with Gasteiger partial charge >= 0.3 is 0 Å². The molecule has 3 aromatic rings. The zero-order chi connectivity index (χ0) is 24.1. The van der Waals surface area contributed by atoms with E-state index in [-0.39, 0.29) is 2.85 Å². The lowest BCUT2D eigenvalue weighted by molar-refractivity contribution is 0.531. The number of benzene rings is 1. The van der Waals surface area contributed by atoms with Gasteiger partial charge in [-0.1, -0.05) is 82.4 Å². The fourth-order valence-electron chi connectivity index (χ4n) is 3.97. The van der Waals surface area contributed by atoms with Crippen LogP contribution in [0.5, 0.6) is 0 Å². The first-order chi connectivity index (χ1) is 16.2. The van der Waals surface area contributed by atoms with Crippen molar-refractivity contribution in [2.75, 3.05) is 6.54 Å². The molecule has 33 heavy (non-hydrogen) atoms. The SMILES string of the molecule is C=C.CCC1CCCC1.C[C@@H](C1=CC=C1)c1nc2c(cnc3ccccc32)[nH]1.N#CCCN.[HH].[HH]. The fourth-order valence-corrected chi connectivity index (χ4v) is 3.97. The molecule has 1 aromatic carbocycles. The molecule has 0 aliphatic heterocycles. The Morgan fingerprint density at radius 2 is 1.97 bits per heavy atom. The number of nitriles is 1. The molecule has 2 aromatic heterocycles. The molecule has 0 amide bonds. The Bertz CT molecular complexity index is 1110. The second-order valence-electron chi connectivity index (χ2n) is 8.16. The smallest absolute Gasteiger partial charge is 0.114 e. The molecule has 3 N–H and O–H groups in total. The molecule has 1 atom stereocenters. The minimum absolute atomic E-state index is 0. The Balaban J connectivity index is 0.000000608. The van der Waals surface area contributed by atoms with Crippen LogP contribution in [0.15, 0.2) is 67.4 Å². The van der Waals surface area contributed by atoms with Crippen LogP contribution in [0.3, 0.4) is 0 Å². The van der Waals surface area contributed by atoms with Gasteiger partial charge in [0.1, 0.15) is 5.82 Å². The predicted octanol–water partition coefficient (Wildman–Crippen LogP) is 7.45. The van der Waals surface area contributed by atoms with Crippen LogP contribution in [-0.2, 0) is 0 Å². The number of nitrogens with two attached hydrogens (primary N) is 1. The quantitative estimate of drug-likeness (QED) is 0.406. The Kier molecular flexibility index (Phi) is 11.1. The zero-order valence-corrected chi connectivity index (χ0v) is 20.1. The first-order valence-electron chi connectivity index (χ1n) is 11.9. The number of H-pyrrole nitrogens is 1. The number of nitrogens with zero attached hydrogens (tertiary/aromatic N) is 3. The van der Waals surface area contributed by atoms with E-state index >= 15 is 0 Å². The average molecular weight is 448 g/mol. The second kappa shape index (κ2) is 14.0. The average Bonchev–Trinajstić information content (AvgIpc) is 3.51. The van der Waals surface area contributed by atoms with Crippen LogP contribution >= 0.6 is 0 Å². The van der Waals surface area contributed by atoms with Crippen molar-refractivity contribution in [2.45, 2.75) is 58.3 Å². The van der Waals surface area contributed by atoms with Gasteiger partial charge in [0.05, 0.1) is 28.8 Å². The monoisotopic (exact) mass is 447 g/mol. The maximum atomic E-state index is 7.74. The minimum atomic E-state index is 0. The first-order valence-corrected chi connectivity index (χ1v) is 11.9. The number of rotatable bonds is 4. The molecule has 5 heteroatoms. The van der Waals surface area contributed by atoms with Gasteiger partial charge in [0, 0.05) is 27.1 Å². The van der Waals surface area contributed by atoms with Gasteiger partial charge in [0.15, 0.2) is 0 Å². The van der Waals surface area contributed by atoms with Crippen LogP contribution in [-0.4, -0.2) is 21.5 Å². The van der Waals surface area contributed by atoms with Crippen LogP contribution in [0, 0.1) is 17.2 Å². The molecule has 0 bridgehead atoms. The van der Waals surface area contributed by atoms with E-state index in [4.69, 9.17) is 16.0 Å². The molecule has 0 radical (unpaired) electrons. The van der Waals surface area contributed by atoms with Crippen molar-refractivity contribution in [3.05, 3.63) is 73.2 Å². The summed E-state index contributed by atoms with van der Waals surface area (Å²) in [5.74, 6) is 2.40. The van der Waals surface area contributed by atoms with E-state index in [1.807, 2.05) is 30.5 Å². The standard InChI is InChI=1S/C16H13N3.C7H14.C3H6N2.C2H4.2H2/c1-10(11-5-4-6-11)16-18-14-9-17-13-8-3-2-7-12(13)15(14)19-16;1-2-7-5-3-4-6-7;4-2-1-3-5;1-2;;/h2-10H,1H3,(H,18,19);7H,2-6H2,1H3;1-2,4H2;1-2H2;2*1H/t10-;;;;;/m0...../s1. The van der Waals surface area contributed by atoms with Crippen molar-refractivity contribution < 1.29 is 2.85 Å². The summed E-state index contributed by atoms with van der Waals surface area (Å²) in [6, 6.07) is 10.0. The summed E-state index contributed by atoms with van der Waals surface area (Å²) in [6.45, 7) is 11.0. The zero-order valence-electron chi connectivity index (χ0n) is 20.1. The van der Waals surface area contributed by atoms with Crippen LogP contribution < -0.4 is 5.73 Å². The highest BCUT2D eigenvalue weighted by molar-refractivity contribution is 6.01. The van der Waals surface area contributed by atoms with E-state index in [1.165, 1.54) is 37.7 Å². The lowest BCUT2D eigenvalue weighted by atomic mass is 9.94. The number of pyridine rings is 1. The number of hydrogen-bond acceptors (Lipinski definition) is 4. The summed E-state index contributed by atoms with van der Waals surface area (Å²) in [4.78, 5) is 12.6. The molecule has 2 heterocycles. The maximum Gasteiger partial charge on any atom is 0.114 e. The Hall–Kier alpha value is -3.23. The van der Waals surface area contributed by atoms with Crippen molar-refractivity contribution in [3.63, 3.8) is 0 Å². The molecule has 1 saturated carbocycles. The van der Waals surface area contributed by atoms with Crippen molar-refractivity contribution in [2.24, 2.45) is 11.7 Å². The van der Waals surface area contributed by atoms with Gasteiger partial charge in [-0.05, 0) is 17.6 Å². The van der Waals surface area contributed by atoms with Crippen LogP contribution in [0.25, 0.3) is 21.9 Å². The minimum Gasteiger partial charge on any atom is -0.340 e. The molecule has 178 valence electrons. The molecular weight excluding hydrogens is 406 g/mol. The van der Waals surface area contributed by atoms with Crippen LogP contribution in [0.4, 0.5) is 0 Å². The molecule has 0 unspecified atom stereocenters. The number of aromatic amines is 1. The third-order valence-corrected chi connectivity index (χ3v) is 6.04. The van der Waals surface area contributed by atoms with E-state index in [1.54, 1.807) is 0 Å². The third-order valence-electron chi connectivity index (χ3n) is 6.04. The number of para-hydroxylation sites is 1. The molecular formula is C28H41N5. The van der Waals surface area contributed by atoms with Gasteiger partial charge in [-0.3, -0.25) is 4.98 Å². The number of fused-ring (bicyclic) bond motifs is 3. The van der Waals surface area contributed by atoms with Crippen LogP contribution in [0.1, 0.15) is 67.0 Å². The molecule has 0 saturated heterocycles. The van der Waals surface area contributed by atoms with Crippen molar-refractivity contribution in [1.29, 1.82) is 5.26 Å². The van der Waals surface area contributed by atoms with Gasteiger partial charge in [0.25, 0.3) is 0 Å². The highest BCUT2D eigenvalue weighted by atomic mass is 14.9. The van der Waals surface area contributed by atoms with Gasteiger partial charge in [-0.2, -0.15) is 5.26 Å². The van der Waals surface area contributed by atoms with E-state index in [0.717, 1.165) is 33.7 Å². The highest BCUT2D eigenvalue weighted by Gasteiger charge is 2.17. The Morgan fingerprint density at radius 3 is 2.48 bits per heavy atom. The first kappa shape index (κ1) is 26.0. The normalized spacial score (nSPS) is 15.0. The summed E-state index contributed by atoms with van der Waals surface area (Å²) in [6.07, 6.45) is 16.1. The van der Waals surface area contributed by atoms with Gasteiger partial charge in [-0.15, -0.1) is 13.2 Å². The molecule has 2 aliphatic rings. The largest absolute Gasteiger partial charge is 0.340 e. The van der Waals surface area contributed by atoms with Crippen LogP contribution in [0.2, 0.25) is 0 Å². The van der Waals surface area contributed by atoms with Crippen molar-refractivity contribution in [3.8, 4) is 6.07 Å². The Morgan fingerprint density at radius 1 is 1.27 bits per heavy atom. The van der Waals surface area contributed by atoms with E-state index < -0.39 is 0 Å². The number of hydrogen-bond donors (Lipinski definition) is 2. The van der Waals surface area contributed by atoms with Gasteiger partial charge in [-0.25, -0.2) is 4.98 Å². The summed E-state index contributed by atoms with van der Waals surface area (Å²) in [7, 11) is 0.